The second-order valence-corrected chi connectivity index (χ2v) is 4.79. The molecule has 2 amide bonds. The number of aromatic nitrogens is 2. The van der Waals surface area contributed by atoms with Crippen molar-refractivity contribution in [1.29, 1.82) is 0 Å². The van der Waals surface area contributed by atoms with Gasteiger partial charge in [-0.1, -0.05) is 5.16 Å². The Kier molecular flexibility index (Phi) is 4.54. The molecule has 1 aromatic heterocycles. The van der Waals surface area contributed by atoms with Crippen molar-refractivity contribution in [3.63, 3.8) is 0 Å². The molecule has 1 aromatic carbocycles. The van der Waals surface area contributed by atoms with Crippen LogP contribution in [0.25, 0.3) is 0 Å². The first-order valence-corrected chi connectivity index (χ1v) is 7.12. The van der Waals surface area contributed by atoms with Gasteiger partial charge in [-0.05, 0) is 12.1 Å². The lowest BCUT2D eigenvalue weighted by molar-refractivity contribution is 0.174. The van der Waals surface area contributed by atoms with Crippen LogP contribution in [-0.4, -0.2) is 43.4 Å². The largest absolute Gasteiger partial charge is 0.494 e. The van der Waals surface area contributed by atoms with E-state index < -0.39 is 6.03 Å². The number of benzene rings is 1. The van der Waals surface area contributed by atoms with Crippen LogP contribution in [0.2, 0.25) is 0 Å². The Morgan fingerprint density at radius 3 is 2.79 bits per heavy atom. The summed E-state index contributed by atoms with van der Waals surface area (Å²) in [5.74, 6) is 1.89. The van der Waals surface area contributed by atoms with E-state index in [2.05, 4.69) is 25.6 Å². The summed E-state index contributed by atoms with van der Waals surface area (Å²) in [6.07, 6.45) is 0. The molecule has 2 heterocycles. The van der Waals surface area contributed by atoms with Gasteiger partial charge in [0.2, 0.25) is 6.79 Å². The van der Waals surface area contributed by atoms with E-state index in [4.69, 9.17) is 18.9 Å². The fourth-order valence-corrected chi connectivity index (χ4v) is 2.02. The van der Waals surface area contributed by atoms with E-state index in [1.807, 2.05) is 0 Å². The highest BCUT2D eigenvalue weighted by Gasteiger charge is 2.19. The maximum absolute atomic E-state index is 12.0. The molecule has 0 spiro atoms. The SMILES string of the molecule is COc1cc2c(cc1NC(=O)NCCOc1nonc1C)OCO2. The van der Waals surface area contributed by atoms with Crippen LogP contribution in [0.1, 0.15) is 5.69 Å². The number of methoxy groups -OCH3 is 1. The number of urea groups is 1. The van der Waals surface area contributed by atoms with E-state index in [-0.39, 0.29) is 19.9 Å². The summed E-state index contributed by atoms with van der Waals surface area (Å²) in [5.41, 5.74) is 1.02. The smallest absolute Gasteiger partial charge is 0.319 e. The standard InChI is InChI=1S/C14H16N4O6/c1-8-13(18-24-17-8)21-4-3-15-14(19)16-9-5-11-12(23-7-22-11)6-10(9)20-2/h5-6H,3-4,7H2,1-2H3,(H2,15,16,19). The number of ether oxygens (including phenoxy) is 4. The van der Waals surface area contributed by atoms with Gasteiger partial charge >= 0.3 is 6.03 Å². The van der Waals surface area contributed by atoms with Crippen LogP contribution >= 0.6 is 0 Å². The molecule has 0 unspecified atom stereocenters. The first kappa shape index (κ1) is 15.7. The summed E-state index contributed by atoms with van der Waals surface area (Å²) in [6.45, 7) is 2.34. The summed E-state index contributed by atoms with van der Waals surface area (Å²) in [7, 11) is 1.50. The third-order valence-electron chi connectivity index (χ3n) is 3.18. The number of amides is 2. The van der Waals surface area contributed by atoms with E-state index >= 15 is 0 Å². The molecular weight excluding hydrogens is 320 g/mol. The third-order valence-corrected chi connectivity index (χ3v) is 3.18. The van der Waals surface area contributed by atoms with Crippen molar-refractivity contribution in [3.8, 4) is 23.1 Å². The summed E-state index contributed by atoms with van der Waals surface area (Å²) in [4.78, 5) is 12.0. The van der Waals surface area contributed by atoms with Gasteiger partial charge in [0.15, 0.2) is 11.5 Å². The molecular formula is C14H16N4O6. The molecule has 10 nitrogen and oxygen atoms in total. The molecule has 0 atom stereocenters. The fraction of sp³-hybridized carbons (Fsp3) is 0.357. The number of nitrogens with one attached hydrogen (secondary N) is 2. The molecule has 3 rings (SSSR count). The number of fused-ring (bicyclic) bond motifs is 1. The second kappa shape index (κ2) is 6.94. The second-order valence-electron chi connectivity index (χ2n) is 4.79. The molecule has 2 N–H and O–H groups in total. The van der Waals surface area contributed by atoms with Crippen molar-refractivity contribution in [2.24, 2.45) is 0 Å². The minimum Gasteiger partial charge on any atom is -0.494 e. The Hall–Kier alpha value is -3.17. The number of carbonyl (C=O) groups excluding carboxylic acids is 1. The molecule has 0 saturated heterocycles. The minimum absolute atomic E-state index is 0.141. The van der Waals surface area contributed by atoms with Crippen LogP contribution in [0, 0.1) is 6.92 Å². The predicted molar refractivity (Wildman–Crippen MR) is 80.7 cm³/mol. The number of hydrogen-bond donors (Lipinski definition) is 2. The van der Waals surface area contributed by atoms with Gasteiger partial charge in [0.05, 0.1) is 19.3 Å². The highest BCUT2D eigenvalue weighted by molar-refractivity contribution is 5.91. The molecule has 0 bridgehead atoms. The molecule has 128 valence electrons. The van der Waals surface area contributed by atoms with E-state index in [0.717, 1.165) is 0 Å². The Balaban J connectivity index is 1.51. The van der Waals surface area contributed by atoms with E-state index in [0.29, 0.717) is 34.5 Å². The Labute approximate surface area is 137 Å². The zero-order valence-corrected chi connectivity index (χ0v) is 13.1. The summed E-state index contributed by atoms with van der Waals surface area (Å²) < 4.78 is 25.6. The van der Waals surface area contributed by atoms with Crippen molar-refractivity contribution in [2.75, 3.05) is 32.4 Å². The molecule has 0 radical (unpaired) electrons. The highest BCUT2D eigenvalue weighted by atomic mass is 16.7. The molecule has 1 aliphatic rings. The molecule has 2 aromatic rings. The van der Waals surface area contributed by atoms with Gasteiger partial charge in [0.1, 0.15) is 18.1 Å². The number of aryl methyl sites for hydroxylation is 1. The lowest BCUT2D eigenvalue weighted by Crippen LogP contribution is -2.32. The zero-order valence-electron chi connectivity index (χ0n) is 13.1. The lowest BCUT2D eigenvalue weighted by atomic mass is 10.2. The van der Waals surface area contributed by atoms with Crippen LogP contribution in [-0.2, 0) is 0 Å². The topological polar surface area (TPSA) is 117 Å². The molecule has 10 heteroatoms. The van der Waals surface area contributed by atoms with Crippen molar-refractivity contribution in [1.82, 2.24) is 15.6 Å². The Bertz CT molecular complexity index is 732. The minimum atomic E-state index is -0.411. The molecule has 0 fully saturated rings. The van der Waals surface area contributed by atoms with E-state index in [1.54, 1.807) is 19.1 Å². The highest BCUT2D eigenvalue weighted by Crippen LogP contribution is 2.40. The van der Waals surface area contributed by atoms with Gasteiger partial charge < -0.3 is 29.6 Å². The Morgan fingerprint density at radius 1 is 1.29 bits per heavy atom. The van der Waals surface area contributed by atoms with Gasteiger partial charge in [-0.3, -0.25) is 0 Å². The van der Waals surface area contributed by atoms with E-state index in [1.165, 1.54) is 7.11 Å². The first-order valence-electron chi connectivity index (χ1n) is 7.12. The van der Waals surface area contributed by atoms with Crippen LogP contribution in [0.4, 0.5) is 10.5 Å². The quantitative estimate of drug-likeness (QED) is 0.759. The molecule has 0 saturated carbocycles. The average Bonchev–Trinajstić information content (AvgIpc) is 3.19. The van der Waals surface area contributed by atoms with Crippen molar-refractivity contribution in [2.45, 2.75) is 6.92 Å². The van der Waals surface area contributed by atoms with Crippen molar-refractivity contribution in [3.05, 3.63) is 17.8 Å². The molecule has 1 aliphatic heterocycles. The predicted octanol–water partition coefficient (Wildman–Crippen LogP) is 1.32. The van der Waals surface area contributed by atoms with Gasteiger partial charge in [0.25, 0.3) is 5.88 Å². The molecule has 24 heavy (non-hydrogen) atoms. The lowest BCUT2D eigenvalue weighted by Gasteiger charge is -2.12. The number of rotatable bonds is 6. The number of nitrogens with zero attached hydrogens (tertiary/aromatic N) is 2. The number of anilines is 1. The maximum atomic E-state index is 12.0. The summed E-state index contributed by atoms with van der Waals surface area (Å²) in [6, 6.07) is 2.88. The van der Waals surface area contributed by atoms with Crippen LogP contribution in [0.15, 0.2) is 16.8 Å². The number of carbonyl (C=O) groups is 1. The van der Waals surface area contributed by atoms with Crippen LogP contribution in [0.3, 0.4) is 0 Å². The van der Waals surface area contributed by atoms with Gasteiger partial charge in [0, 0.05) is 12.1 Å². The zero-order chi connectivity index (χ0) is 16.9. The molecule has 0 aliphatic carbocycles. The third kappa shape index (κ3) is 3.42. The van der Waals surface area contributed by atoms with Crippen molar-refractivity contribution >= 4 is 11.7 Å². The van der Waals surface area contributed by atoms with Gasteiger partial charge in [-0.15, -0.1) is 0 Å². The van der Waals surface area contributed by atoms with Gasteiger partial charge in [-0.2, -0.15) is 0 Å². The normalized spacial score (nSPS) is 11.9. The Morgan fingerprint density at radius 2 is 2.08 bits per heavy atom. The number of hydrogen-bond acceptors (Lipinski definition) is 8. The average molecular weight is 336 g/mol. The first-order chi connectivity index (χ1) is 11.7. The summed E-state index contributed by atoms with van der Waals surface area (Å²) >= 11 is 0. The van der Waals surface area contributed by atoms with Crippen LogP contribution < -0.4 is 29.6 Å². The fourth-order valence-electron chi connectivity index (χ4n) is 2.02. The maximum Gasteiger partial charge on any atom is 0.319 e. The van der Waals surface area contributed by atoms with Crippen molar-refractivity contribution < 1.29 is 28.4 Å². The monoisotopic (exact) mass is 336 g/mol. The van der Waals surface area contributed by atoms with E-state index in [9.17, 15) is 4.79 Å². The van der Waals surface area contributed by atoms with Gasteiger partial charge in [-0.25, -0.2) is 9.42 Å². The summed E-state index contributed by atoms with van der Waals surface area (Å²) in [5, 5.41) is 12.5. The van der Waals surface area contributed by atoms with Crippen LogP contribution in [0.5, 0.6) is 23.1 Å².